The highest BCUT2D eigenvalue weighted by atomic mass is 35.5. The van der Waals surface area contributed by atoms with Gasteiger partial charge in [-0.2, -0.15) is 0 Å². The van der Waals surface area contributed by atoms with Crippen LogP contribution in [0.5, 0.6) is 0 Å². The van der Waals surface area contributed by atoms with Crippen LogP contribution in [-0.4, -0.2) is 19.1 Å². The molecule has 0 radical (unpaired) electrons. The summed E-state index contributed by atoms with van der Waals surface area (Å²) in [7, 11) is 1.38. The second-order valence-electron chi connectivity index (χ2n) is 4.75. The number of hydrogen-bond acceptors (Lipinski definition) is 3. The van der Waals surface area contributed by atoms with E-state index in [2.05, 4.69) is 5.32 Å². The van der Waals surface area contributed by atoms with Gasteiger partial charge in [0.1, 0.15) is 6.04 Å². The van der Waals surface area contributed by atoms with Crippen molar-refractivity contribution in [1.82, 2.24) is 5.32 Å². The number of ether oxygens (including phenoxy) is 1. The molecule has 2 rings (SSSR count). The van der Waals surface area contributed by atoms with Crippen LogP contribution in [-0.2, 0) is 9.53 Å². The Kier molecular flexibility index (Phi) is 5.08. The third-order valence-corrected chi connectivity index (χ3v) is 4.32. The fraction of sp³-hybridized carbons (Fsp3) is 0.500. The molecule has 1 N–H and O–H groups in total. The van der Waals surface area contributed by atoms with E-state index in [4.69, 9.17) is 27.9 Å². The lowest BCUT2D eigenvalue weighted by molar-refractivity contribution is -0.143. The van der Waals surface area contributed by atoms with Gasteiger partial charge in [-0.3, -0.25) is 5.32 Å². The fourth-order valence-corrected chi connectivity index (χ4v) is 2.89. The summed E-state index contributed by atoms with van der Waals surface area (Å²) in [6, 6.07) is 5.07. The highest BCUT2D eigenvalue weighted by Crippen LogP contribution is 2.32. The summed E-state index contributed by atoms with van der Waals surface area (Å²) in [4.78, 5) is 12.0. The molecular formula is C14H17Cl2NO2. The molecule has 1 aromatic rings. The van der Waals surface area contributed by atoms with Crippen molar-refractivity contribution in [1.29, 1.82) is 0 Å². The van der Waals surface area contributed by atoms with Gasteiger partial charge in [-0.15, -0.1) is 0 Å². The number of esters is 1. The van der Waals surface area contributed by atoms with Gasteiger partial charge in [0, 0.05) is 11.6 Å². The van der Waals surface area contributed by atoms with Gasteiger partial charge < -0.3 is 4.74 Å². The molecule has 0 amide bonds. The van der Waals surface area contributed by atoms with Gasteiger partial charge in [0.15, 0.2) is 0 Å². The predicted octanol–water partition coefficient (Wildman–Crippen LogP) is 3.74. The van der Waals surface area contributed by atoms with Crippen molar-refractivity contribution in [3.63, 3.8) is 0 Å². The molecule has 0 heterocycles. The standard InChI is InChI=1S/C14H17Cl2NO2/c1-19-14(18)13(17-9-5-2-3-6-9)10-7-4-8-11(15)12(10)16/h4,7-9,13,17H,2-3,5-6H2,1H3. The van der Waals surface area contributed by atoms with Crippen molar-refractivity contribution in [3.05, 3.63) is 33.8 Å². The van der Waals surface area contributed by atoms with Crippen LogP contribution < -0.4 is 5.32 Å². The van der Waals surface area contributed by atoms with E-state index in [1.54, 1.807) is 18.2 Å². The quantitative estimate of drug-likeness (QED) is 0.861. The summed E-state index contributed by atoms with van der Waals surface area (Å²) < 4.78 is 4.87. The molecule has 1 aliphatic rings. The molecule has 0 saturated heterocycles. The number of methoxy groups -OCH3 is 1. The molecule has 104 valence electrons. The molecule has 19 heavy (non-hydrogen) atoms. The predicted molar refractivity (Wildman–Crippen MR) is 76.6 cm³/mol. The average Bonchev–Trinajstić information content (AvgIpc) is 2.92. The zero-order valence-electron chi connectivity index (χ0n) is 10.8. The topological polar surface area (TPSA) is 38.3 Å². The van der Waals surface area contributed by atoms with Crippen LogP contribution in [0.15, 0.2) is 18.2 Å². The summed E-state index contributed by atoms with van der Waals surface area (Å²) in [6.07, 6.45) is 4.53. The maximum Gasteiger partial charge on any atom is 0.327 e. The Morgan fingerprint density at radius 2 is 2.05 bits per heavy atom. The lowest BCUT2D eigenvalue weighted by atomic mass is 10.1. The number of halogens is 2. The normalized spacial score (nSPS) is 17.4. The van der Waals surface area contributed by atoms with E-state index >= 15 is 0 Å². The molecule has 1 aromatic carbocycles. The van der Waals surface area contributed by atoms with E-state index in [-0.39, 0.29) is 5.97 Å². The second kappa shape index (κ2) is 6.60. The first-order valence-electron chi connectivity index (χ1n) is 6.41. The van der Waals surface area contributed by atoms with Crippen LogP contribution in [0.4, 0.5) is 0 Å². The van der Waals surface area contributed by atoms with E-state index < -0.39 is 6.04 Å². The third-order valence-electron chi connectivity index (χ3n) is 3.49. The number of hydrogen-bond donors (Lipinski definition) is 1. The smallest absolute Gasteiger partial charge is 0.327 e. The van der Waals surface area contributed by atoms with Crippen molar-refractivity contribution >= 4 is 29.2 Å². The van der Waals surface area contributed by atoms with Gasteiger partial charge in [0.25, 0.3) is 0 Å². The number of rotatable bonds is 4. The van der Waals surface area contributed by atoms with Crippen molar-refractivity contribution in [2.24, 2.45) is 0 Å². The molecule has 5 heteroatoms. The summed E-state index contributed by atoms with van der Waals surface area (Å²) in [6.45, 7) is 0. The lowest BCUT2D eigenvalue weighted by Crippen LogP contribution is -2.36. The minimum absolute atomic E-state index is 0.333. The largest absolute Gasteiger partial charge is 0.468 e. The molecule has 1 saturated carbocycles. The minimum Gasteiger partial charge on any atom is -0.468 e. The number of benzene rings is 1. The van der Waals surface area contributed by atoms with Crippen LogP contribution in [0.3, 0.4) is 0 Å². The zero-order valence-corrected chi connectivity index (χ0v) is 12.3. The SMILES string of the molecule is COC(=O)C(NC1CCCC1)c1cccc(Cl)c1Cl. The van der Waals surface area contributed by atoms with E-state index in [1.165, 1.54) is 20.0 Å². The third kappa shape index (κ3) is 3.41. The van der Waals surface area contributed by atoms with Crippen molar-refractivity contribution in [2.75, 3.05) is 7.11 Å². The lowest BCUT2D eigenvalue weighted by Gasteiger charge is -2.22. The van der Waals surface area contributed by atoms with Crippen LogP contribution in [0.2, 0.25) is 10.0 Å². The summed E-state index contributed by atoms with van der Waals surface area (Å²) in [5, 5.41) is 4.19. The highest BCUT2D eigenvalue weighted by Gasteiger charge is 2.28. The molecule has 0 aromatic heterocycles. The maximum absolute atomic E-state index is 12.0. The van der Waals surface area contributed by atoms with E-state index in [1.807, 2.05) is 0 Å². The van der Waals surface area contributed by atoms with Gasteiger partial charge in [-0.05, 0) is 18.9 Å². The van der Waals surface area contributed by atoms with Crippen LogP contribution in [0.25, 0.3) is 0 Å². The summed E-state index contributed by atoms with van der Waals surface area (Å²) in [5.41, 5.74) is 0.674. The van der Waals surface area contributed by atoms with Crippen LogP contribution >= 0.6 is 23.2 Å². The Morgan fingerprint density at radius 3 is 2.68 bits per heavy atom. The second-order valence-corrected chi connectivity index (χ2v) is 5.53. The van der Waals surface area contributed by atoms with Crippen molar-refractivity contribution in [3.8, 4) is 0 Å². The van der Waals surface area contributed by atoms with E-state index in [9.17, 15) is 4.79 Å². The first-order chi connectivity index (χ1) is 9.13. The van der Waals surface area contributed by atoms with Gasteiger partial charge >= 0.3 is 5.97 Å². The Labute approximate surface area is 123 Å². The van der Waals surface area contributed by atoms with Gasteiger partial charge in [-0.25, -0.2) is 4.79 Å². The van der Waals surface area contributed by atoms with Gasteiger partial charge in [0.2, 0.25) is 0 Å². The first-order valence-corrected chi connectivity index (χ1v) is 7.17. The molecule has 0 aliphatic heterocycles. The maximum atomic E-state index is 12.0. The van der Waals surface area contributed by atoms with Crippen LogP contribution in [0.1, 0.15) is 37.3 Å². The molecule has 1 aliphatic carbocycles. The number of nitrogens with one attached hydrogen (secondary N) is 1. The monoisotopic (exact) mass is 301 g/mol. The Bertz CT molecular complexity index is 459. The fourth-order valence-electron chi connectivity index (χ4n) is 2.47. The molecule has 0 spiro atoms. The van der Waals surface area contributed by atoms with Crippen molar-refractivity contribution < 1.29 is 9.53 Å². The molecule has 1 unspecified atom stereocenters. The zero-order chi connectivity index (χ0) is 13.8. The Hall–Kier alpha value is -0.770. The molecular weight excluding hydrogens is 285 g/mol. The van der Waals surface area contributed by atoms with Crippen LogP contribution in [0, 0.1) is 0 Å². The molecule has 3 nitrogen and oxygen atoms in total. The summed E-state index contributed by atoms with van der Waals surface area (Å²) in [5.74, 6) is -0.337. The molecule has 1 atom stereocenters. The summed E-state index contributed by atoms with van der Waals surface area (Å²) >= 11 is 12.2. The van der Waals surface area contributed by atoms with Gasteiger partial charge in [0.05, 0.1) is 17.2 Å². The first kappa shape index (κ1) is 14.6. The minimum atomic E-state index is -0.556. The highest BCUT2D eigenvalue weighted by molar-refractivity contribution is 6.42. The van der Waals surface area contributed by atoms with E-state index in [0.29, 0.717) is 21.7 Å². The van der Waals surface area contributed by atoms with Gasteiger partial charge in [-0.1, -0.05) is 48.2 Å². The Balaban J connectivity index is 2.25. The number of carbonyl (C=O) groups excluding carboxylic acids is 1. The average molecular weight is 302 g/mol. The Morgan fingerprint density at radius 1 is 1.37 bits per heavy atom. The molecule has 1 fully saturated rings. The van der Waals surface area contributed by atoms with Crippen molar-refractivity contribution in [2.45, 2.75) is 37.8 Å². The van der Waals surface area contributed by atoms with E-state index in [0.717, 1.165) is 12.8 Å². The number of carbonyl (C=O) groups is 1. The molecule has 0 bridgehead atoms.